The van der Waals surface area contributed by atoms with Crippen molar-refractivity contribution in [3.63, 3.8) is 0 Å². The van der Waals surface area contributed by atoms with Crippen LogP contribution in [0.2, 0.25) is 0 Å². The summed E-state index contributed by atoms with van der Waals surface area (Å²) in [6.45, 7) is 13.0. The van der Waals surface area contributed by atoms with Crippen molar-refractivity contribution >= 4 is 0 Å². The van der Waals surface area contributed by atoms with Crippen molar-refractivity contribution < 1.29 is 0 Å². The Morgan fingerprint density at radius 3 is 2.61 bits per heavy atom. The van der Waals surface area contributed by atoms with Gasteiger partial charge in [-0.1, -0.05) is 40.0 Å². The molecule has 1 N–H and O–H groups in total. The summed E-state index contributed by atoms with van der Waals surface area (Å²) in [6, 6.07) is 1.53. The van der Waals surface area contributed by atoms with Gasteiger partial charge in [0.25, 0.3) is 0 Å². The highest BCUT2D eigenvalue weighted by atomic mass is 15.2. The molecule has 0 amide bonds. The Kier molecular flexibility index (Phi) is 7.92. The highest BCUT2D eigenvalue weighted by Crippen LogP contribution is 2.20. The van der Waals surface area contributed by atoms with Gasteiger partial charge in [0.2, 0.25) is 0 Å². The van der Waals surface area contributed by atoms with Crippen molar-refractivity contribution in [2.75, 3.05) is 19.6 Å². The van der Waals surface area contributed by atoms with Crippen LogP contribution in [0.1, 0.15) is 66.2 Å². The van der Waals surface area contributed by atoms with Crippen LogP contribution in [-0.2, 0) is 0 Å². The van der Waals surface area contributed by atoms with Crippen molar-refractivity contribution in [1.82, 2.24) is 10.2 Å². The second-order valence-corrected chi connectivity index (χ2v) is 6.43. The van der Waals surface area contributed by atoms with E-state index in [2.05, 4.69) is 37.9 Å². The van der Waals surface area contributed by atoms with E-state index in [1.165, 1.54) is 51.6 Å². The summed E-state index contributed by atoms with van der Waals surface area (Å²) in [5, 5.41) is 3.67. The molecular weight excluding hydrogens is 220 g/mol. The van der Waals surface area contributed by atoms with Crippen LogP contribution in [0.3, 0.4) is 0 Å². The van der Waals surface area contributed by atoms with Crippen LogP contribution in [0, 0.1) is 5.92 Å². The molecule has 0 spiro atoms. The molecule has 108 valence electrons. The molecule has 1 saturated heterocycles. The molecule has 0 saturated carbocycles. The zero-order valence-electron chi connectivity index (χ0n) is 13.0. The average Bonchev–Trinajstić information content (AvgIpc) is 2.52. The summed E-state index contributed by atoms with van der Waals surface area (Å²) < 4.78 is 0. The van der Waals surface area contributed by atoms with E-state index in [4.69, 9.17) is 0 Å². The molecule has 2 nitrogen and oxygen atoms in total. The third-order valence-corrected chi connectivity index (χ3v) is 4.13. The lowest BCUT2D eigenvalue weighted by Crippen LogP contribution is -2.47. The summed E-state index contributed by atoms with van der Waals surface area (Å²) >= 11 is 0. The molecule has 18 heavy (non-hydrogen) atoms. The third kappa shape index (κ3) is 5.71. The highest BCUT2D eigenvalue weighted by molar-refractivity contribution is 4.80. The lowest BCUT2D eigenvalue weighted by molar-refractivity contribution is 0.135. The fourth-order valence-electron chi connectivity index (χ4n) is 3.10. The van der Waals surface area contributed by atoms with Gasteiger partial charge in [-0.25, -0.2) is 0 Å². The van der Waals surface area contributed by atoms with E-state index in [1.807, 2.05) is 0 Å². The Balaban J connectivity index is 2.46. The summed E-state index contributed by atoms with van der Waals surface area (Å²) in [5.41, 5.74) is 0. The van der Waals surface area contributed by atoms with E-state index < -0.39 is 0 Å². The van der Waals surface area contributed by atoms with Crippen molar-refractivity contribution in [2.24, 2.45) is 5.92 Å². The minimum atomic E-state index is 0.752. The van der Waals surface area contributed by atoms with Crippen LogP contribution >= 0.6 is 0 Å². The molecule has 1 heterocycles. The Morgan fingerprint density at radius 2 is 1.94 bits per heavy atom. The molecule has 2 heteroatoms. The zero-order chi connectivity index (χ0) is 13.4. The smallest absolute Gasteiger partial charge is 0.0223 e. The normalized spacial score (nSPS) is 24.2. The first-order valence-electron chi connectivity index (χ1n) is 8.11. The molecule has 1 aliphatic heterocycles. The maximum Gasteiger partial charge on any atom is 0.0223 e. The predicted molar refractivity (Wildman–Crippen MR) is 81.0 cm³/mol. The number of nitrogens with one attached hydrogen (secondary N) is 1. The molecule has 1 rings (SSSR count). The number of rotatable bonds is 7. The first kappa shape index (κ1) is 16.0. The van der Waals surface area contributed by atoms with Crippen molar-refractivity contribution in [3.8, 4) is 0 Å². The second-order valence-electron chi connectivity index (χ2n) is 6.43. The molecular formula is C16H34N2. The van der Waals surface area contributed by atoms with Gasteiger partial charge < -0.3 is 5.32 Å². The second kappa shape index (κ2) is 8.92. The minimum Gasteiger partial charge on any atom is -0.315 e. The summed E-state index contributed by atoms with van der Waals surface area (Å²) in [4.78, 5) is 2.78. The fraction of sp³-hybridized carbons (Fsp3) is 1.00. The first-order valence-corrected chi connectivity index (χ1v) is 8.11. The van der Waals surface area contributed by atoms with Gasteiger partial charge in [0.05, 0.1) is 0 Å². The maximum atomic E-state index is 3.67. The van der Waals surface area contributed by atoms with Crippen molar-refractivity contribution in [3.05, 3.63) is 0 Å². The van der Waals surface area contributed by atoms with Crippen molar-refractivity contribution in [1.29, 1.82) is 0 Å². The average molecular weight is 254 g/mol. The Morgan fingerprint density at radius 1 is 1.17 bits per heavy atom. The van der Waals surface area contributed by atoms with Crippen molar-refractivity contribution in [2.45, 2.75) is 78.3 Å². The molecule has 2 atom stereocenters. The zero-order valence-corrected chi connectivity index (χ0v) is 13.0. The van der Waals surface area contributed by atoms with Gasteiger partial charge in [-0.2, -0.15) is 0 Å². The van der Waals surface area contributed by atoms with Gasteiger partial charge >= 0.3 is 0 Å². The molecule has 2 unspecified atom stereocenters. The SMILES string of the molecule is CCCC(CNCC(C)C)N1CCCCCC1C. The topological polar surface area (TPSA) is 15.3 Å². The van der Waals surface area contributed by atoms with Gasteiger partial charge in [0.15, 0.2) is 0 Å². The molecule has 0 radical (unpaired) electrons. The maximum absolute atomic E-state index is 3.67. The van der Waals surface area contributed by atoms with Gasteiger partial charge in [-0.15, -0.1) is 0 Å². The Bertz CT molecular complexity index is 203. The molecule has 1 aliphatic rings. The van der Waals surface area contributed by atoms with Crippen LogP contribution in [-0.4, -0.2) is 36.6 Å². The number of hydrogen-bond acceptors (Lipinski definition) is 2. The van der Waals surface area contributed by atoms with E-state index in [9.17, 15) is 0 Å². The standard InChI is InChI=1S/C16H34N2/c1-5-9-16(13-17-12-14(2)3)18-11-8-6-7-10-15(18)4/h14-17H,5-13H2,1-4H3. The molecule has 0 aromatic carbocycles. The number of hydrogen-bond donors (Lipinski definition) is 1. The lowest BCUT2D eigenvalue weighted by Gasteiger charge is -2.35. The van der Waals surface area contributed by atoms with Crippen LogP contribution in [0.4, 0.5) is 0 Å². The molecule has 1 fully saturated rings. The lowest BCUT2D eigenvalue weighted by atomic mass is 10.1. The Hall–Kier alpha value is -0.0800. The Labute approximate surface area is 115 Å². The third-order valence-electron chi connectivity index (χ3n) is 4.13. The first-order chi connectivity index (χ1) is 8.65. The van der Waals surface area contributed by atoms with Gasteiger partial charge in [-0.05, 0) is 45.2 Å². The van der Waals surface area contributed by atoms with Crippen LogP contribution in [0.25, 0.3) is 0 Å². The van der Waals surface area contributed by atoms with Crippen LogP contribution in [0.5, 0.6) is 0 Å². The summed E-state index contributed by atoms with van der Waals surface area (Å²) in [5.74, 6) is 0.758. The molecule has 0 aromatic heterocycles. The monoisotopic (exact) mass is 254 g/mol. The predicted octanol–water partition coefficient (Wildman–Crippen LogP) is 3.67. The van der Waals surface area contributed by atoms with E-state index in [0.29, 0.717) is 0 Å². The van der Waals surface area contributed by atoms with E-state index >= 15 is 0 Å². The molecule has 0 aliphatic carbocycles. The highest BCUT2D eigenvalue weighted by Gasteiger charge is 2.23. The quantitative estimate of drug-likeness (QED) is 0.746. The van der Waals surface area contributed by atoms with E-state index in [-0.39, 0.29) is 0 Å². The number of nitrogens with zero attached hydrogens (tertiary/aromatic N) is 1. The minimum absolute atomic E-state index is 0.752. The summed E-state index contributed by atoms with van der Waals surface area (Å²) in [7, 11) is 0. The fourth-order valence-corrected chi connectivity index (χ4v) is 3.10. The molecule has 0 bridgehead atoms. The largest absolute Gasteiger partial charge is 0.315 e. The molecule has 0 aromatic rings. The van der Waals surface area contributed by atoms with Gasteiger partial charge in [-0.3, -0.25) is 4.90 Å². The summed E-state index contributed by atoms with van der Waals surface area (Å²) in [6.07, 6.45) is 8.29. The van der Waals surface area contributed by atoms with Gasteiger partial charge in [0.1, 0.15) is 0 Å². The van der Waals surface area contributed by atoms with E-state index in [0.717, 1.165) is 24.5 Å². The van der Waals surface area contributed by atoms with E-state index in [1.54, 1.807) is 0 Å². The van der Waals surface area contributed by atoms with Crippen LogP contribution < -0.4 is 5.32 Å². The number of likely N-dealkylation sites (tertiary alicyclic amines) is 1. The van der Waals surface area contributed by atoms with Crippen LogP contribution in [0.15, 0.2) is 0 Å². The van der Waals surface area contributed by atoms with Gasteiger partial charge in [0, 0.05) is 18.6 Å².